The molecule has 1 amide bonds. The van der Waals surface area contributed by atoms with Crippen molar-refractivity contribution in [3.05, 3.63) is 18.2 Å². The van der Waals surface area contributed by atoms with Crippen LogP contribution in [-0.2, 0) is 4.79 Å². The number of hydrogen-bond acceptors (Lipinski definition) is 5. The van der Waals surface area contributed by atoms with Crippen LogP contribution >= 0.6 is 11.3 Å². The van der Waals surface area contributed by atoms with Crippen molar-refractivity contribution in [3.8, 4) is 5.75 Å². The summed E-state index contributed by atoms with van der Waals surface area (Å²) in [4.78, 5) is 16.7. The van der Waals surface area contributed by atoms with Gasteiger partial charge in [-0.05, 0) is 30.7 Å². The van der Waals surface area contributed by atoms with E-state index in [1.54, 1.807) is 7.11 Å². The van der Waals surface area contributed by atoms with Crippen LogP contribution in [0.25, 0.3) is 10.2 Å². The zero-order chi connectivity index (χ0) is 14.1. The summed E-state index contributed by atoms with van der Waals surface area (Å²) in [6.45, 7) is 3.73. The lowest BCUT2D eigenvalue weighted by Gasteiger charge is -2.12. The molecule has 20 heavy (non-hydrogen) atoms. The molecule has 2 N–H and O–H groups in total. The standard InChI is InChI=1S/C14H17N3O2S/c1-8-6-15-7-10(8)13(18)17-14-16-11-4-3-9(19-2)5-12(11)20-14/h3-5,8,10,15H,6-7H2,1-2H3,(H,16,17,18). The molecule has 0 bridgehead atoms. The van der Waals surface area contributed by atoms with E-state index in [2.05, 4.69) is 22.5 Å². The zero-order valence-corrected chi connectivity index (χ0v) is 12.3. The number of nitrogens with one attached hydrogen (secondary N) is 2. The summed E-state index contributed by atoms with van der Waals surface area (Å²) in [6.07, 6.45) is 0. The van der Waals surface area contributed by atoms with Crippen LogP contribution in [-0.4, -0.2) is 31.1 Å². The number of aromatic nitrogens is 1. The summed E-state index contributed by atoms with van der Waals surface area (Å²) < 4.78 is 6.20. The molecule has 2 atom stereocenters. The third kappa shape index (κ3) is 2.48. The highest BCUT2D eigenvalue weighted by Gasteiger charge is 2.29. The first kappa shape index (κ1) is 13.3. The average Bonchev–Trinajstić information content (AvgIpc) is 3.03. The van der Waals surface area contributed by atoms with Crippen LogP contribution in [0.1, 0.15) is 6.92 Å². The Bertz CT molecular complexity index is 640. The third-order valence-corrected chi connectivity index (χ3v) is 4.61. The number of benzene rings is 1. The maximum atomic E-state index is 12.2. The summed E-state index contributed by atoms with van der Waals surface area (Å²) in [5, 5.41) is 6.82. The minimum atomic E-state index is 0.0246. The van der Waals surface area contributed by atoms with Crippen molar-refractivity contribution in [2.45, 2.75) is 6.92 Å². The fourth-order valence-electron chi connectivity index (χ4n) is 2.44. The molecule has 0 spiro atoms. The largest absolute Gasteiger partial charge is 0.497 e. The zero-order valence-electron chi connectivity index (χ0n) is 11.5. The van der Waals surface area contributed by atoms with Crippen molar-refractivity contribution >= 4 is 32.6 Å². The first-order valence-electron chi connectivity index (χ1n) is 6.63. The van der Waals surface area contributed by atoms with Crippen molar-refractivity contribution in [2.24, 2.45) is 11.8 Å². The Balaban J connectivity index is 1.78. The summed E-state index contributed by atoms with van der Waals surface area (Å²) in [6, 6.07) is 5.71. The van der Waals surface area contributed by atoms with Crippen LogP contribution < -0.4 is 15.4 Å². The van der Waals surface area contributed by atoms with E-state index in [1.807, 2.05) is 18.2 Å². The van der Waals surface area contributed by atoms with Gasteiger partial charge >= 0.3 is 0 Å². The fourth-order valence-corrected chi connectivity index (χ4v) is 3.34. The monoisotopic (exact) mass is 291 g/mol. The molecule has 2 heterocycles. The molecule has 0 radical (unpaired) electrons. The minimum Gasteiger partial charge on any atom is -0.497 e. The van der Waals surface area contributed by atoms with Crippen molar-refractivity contribution in [1.29, 1.82) is 0 Å². The Hall–Kier alpha value is -1.66. The average molecular weight is 291 g/mol. The molecular formula is C14H17N3O2S. The summed E-state index contributed by atoms with van der Waals surface area (Å²) >= 11 is 1.47. The first-order valence-corrected chi connectivity index (χ1v) is 7.45. The molecule has 0 saturated carbocycles. The van der Waals surface area contributed by atoms with Gasteiger partial charge < -0.3 is 15.4 Å². The lowest BCUT2D eigenvalue weighted by molar-refractivity contribution is -0.120. The molecule has 2 unspecified atom stereocenters. The number of thiazole rings is 1. The van der Waals surface area contributed by atoms with Crippen LogP contribution in [0.4, 0.5) is 5.13 Å². The van der Waals surface area contributed by atoms with Gasteiger partial charge in [0.1, 0.15) is 5.75 Å². The predicted molar refractivity (Wildman–Crippen MR) is 80.3 cm³/mol. The summed E-state index contributed by atoms with van der Waals surface area (Å²) in [5.41, 5.74) is 0.878. The first-order chi connectivity index (χ1) is 9.67. The van der Waals surface area contributed by atoms with E-state index in [1.165, 1.54) is 11.3 Å². The predicted octanol–water partition coefficient (Wildman–Crippen LogP) is 2.10. The van der Waals surface area contributed by atoms with Crippen molar-refractivity contribution in [1.82, 2.24) is 10.3 Å². The van der Waals surface area contributed by atoms with E-state index in [-0.39, 0.29) is 11.8 Å². The molecule has 1 fully saturated rings. The van der Waals surface area contributed by atoms with E-state index in [4.69, 9.17) is 4.74 Å². The van der Waals surface area contributed by atoms with Crippen molar-refractivity contribution < 1.29 is 9.53 Å². The molecule has 1 saturated heterocycles. The number of methoxy groups -OCH3 is 1. The number of hydrogen-bond donors (Lipinski definition) is 2. The van der Waals surface area contributed by atoms with Gasteiger partial charge in [-0.25, -0.2) is 4.98 Å². The van der Waals surface area contributed by atoms with Gasteiger partial charge in [-0.2, -0.15) is 0 Å². The molecule has 1 aliphatic rings. The SMILES string of the molecule is COc1ccc2nc(NC(=O)C3CNCC3C)sc2c1. The Labute approximate surface area is 121 Å². The normalized spacial score (nSPS) is 22.1. The summed E-state index contributed by atoms with van der Waals surface area (Å²) in [7, 11) is 1.64. The lowest BCUT2D eigenvalue weighted by Crippen LogP contribution is -2.27. The van der Waals surface area contributed by atoms with Gasteiger partial charge in [0.05, 0.1) is 23.2 Å². The number of carbonyl (C=O) groups excluding carboxylic acids is 1. The van der Waals surface area contributed by atoms with E-state index >= 15 is 0 Å². The number of carbonyl (C=O) groups is 1. The topological polar surface area (TPSA) is 63.2 Å². The molecule has 1 aromatic carbocycles. The molecule has 106 valence electrons. The van der Waals surface area contributed by atoms with E-state index < -0.39 is 0 Å². The second-order valence-corrected chi connectivity index (χ2v) is 6.11. The molecule has 5 nitrogen and oxygen atoms in total. The van der Waals surface area contributed by atoms with Gasteiger partial charge in [0.25, 0.3) is 0 Å². The van der Waals surface area contributed by atoms with Gasteiger partial charge in [-0.3, -0.25) is 4.79 Å². The Morgan fingerprint density at radius 2 is 2.35 bits per heavy atom. The van der Waals surface area contributed by atoms with E-state index in [9.17, 15) is 4.79 Å². The number of fused-ring (bicyclic) bond motifs is 1. The van der Waals surface area contributed by atoms with Crippen molar-refractivity contribution in [3.63, 3.8) is 0 Å². The highest BCUT2D eigenvalue weighted by atomic mass is 32.1. The fraction of sp³-hybridized carbons (Fsp3) is 0.429. The Morgan fingerprint density at radius 1 is 1.50 bits per heavy atom. The van der Waals surface area contributed by atoms with E-state index in [0.29, 0.717) is 11.0 Å². The summed E-state index contributed by atoms with van der Waals surface area (Å²) in [5.74, 6) is 1.24. The highest BCUT2D eigenvalue weighted by molar-refractivity contribution is 7.22. The van der Waals surface area contributed by atoms with E-state index in [0.717, 1.165) is 29.1 Å². The lowest BCUT2D eigenvalue weighted by atomic mass is 9.97. The van der Waals surface area contributed by atoms with Crippen molar-refractivity contribution in [2.75, 3.05) is 25.5 Å². The van der Waals surface area contributed by atoms with Crippen LogP contribution in [0.3, 0.4) is 0 Å². The minimum absolute atomic E-state index is 0.0246. The second-order valence-electron chi connectivity index (χ2n) is 5.08. The number of amides is 1. The number of rotatable bonds is 3. The smallest absolute Gasteiger partial charge is 0.230 e. The number of ether oxygens (including phenoxy) is 1. The molecule has 1 aromatic heterocycles. The van der Waals surface area contributed by atoms with Crippen LogP contribution in [0, 0.1) is 11.8 Å². The Kier molecular flexibility index (Phi) is 3.58. The molecule has 1 aliphatic heterocycles. The van der Waals surface area contributed by atoms with Gasteiger partial charge in [0.15, 0.2) is 5.13 Å². The molecule has 0 aliphatic carbocycles. The van der Waals surface area contributed by atoms with Crippen LogP contribution in [0.15, 0.2) is 18.2 Å². The van der Waals surface area contributed by atoms with Crippen LogP contribution in [0.5, 0.6) is 5.75 Å². The molecule has 6 heteroatoms. The van der Waals surface area contributed by atoms with Gasteiger partial charge in [-0.15, -0.1) is 0 Å². The van der Waals surface area contributed by atoms with Crippen LogP contribution in [0.2, 0.25) is 0 Å². The Morgan fingerprint density at radius 3 is 3.05 bits per heavy atom. The quantitative estimate of drug-likeness (QED) is 0.909. The molecular weight excluding hydrogens is 274 g/mol. The number of nitrogens with zero attached hydrogens (tertiary/aromatic N) is 1. The maximum absolute atomic E-state index is 12.2. The number of anilines is 1. The highest BCUT2D eigenvalue weighted by Crippen LogP contribution is 2.29. The molecule has 2 aromatic rings. The van der Waals surface area contributed by atoms with Gasteiger partial charge in [0.2, 0.25) is 5.91 Å². The third-order valence-electron chi connectivity index (χ3n) is 3.68. The second kappa shape index (κ2) is 5.38. The van der Waals surface area contributed by atoms with Gasteiger partial charge in [0, 0.05) is 6.54 Å². The maximum Gasteiger partial charge on any atom is 0.230 e. The molecule has 3 rings (SSSR count). The van der Waals surface area contributed by atoms with Gasteiger partial charge in [-0.1, -0.05) is 18.3 Å².